The van der Waals surface area contributed by atoms with Gasteiger partial charge in [0.05, 0.1) is 16.5 Å². The van der Waals surface area contributed by atoms with Gasteiger partial charge in [0.2, 0.25) is 0 Å². The summed E-state index contributed by atoms with van der Waals surface area (Å²) in [5.41, 5.74) is 3.92. The minimum absolute atomic E-state index is 0.718. The number of hydrogen-bond acceptors (Lipinski definition) is 1. The van der Waals surface area contributed by atoms with Gasteiger partial charge in [-0.1, -0.05) is 78.9 Å². The van der Waals surface area contributed by atoms with Crippen LogP contribution in [-0.4, -0.2) is 5.92 Å². The van der Waals surface area contributed by atoms with Crippen LogP contribution in [0.5, 0.6) is 0 Å². The number of hydrogen-bond donors (Lipinski definition) is 0. The summed E-state index contributed by atoms with van der Waals surface area (Å²) in [6.45, 7) is 6.67. The fraction of sp³-hybridized carbons (Fsp3) is 0.200. The Morgan fingerprint density at radius 1 is 0.526 bits per heavy atom. The first-order valence-corrected chi connectivity index (χ1v) is 13.1. The van der Waals surface area contributed by atoms with Crippen molar-refractivity contribution in [2.24, 2.45) is 0 Å². The van der Waals surface area contributed by atoms with E-state index in [9.17, 15) is 0 Å². The van der Waals surface area contributed by atoms with Crippen LogP contribution in [-0.2, 0) is 10.8 Å². The zero-order chi connectivity index (χ0) is 26.7. The van der Waals surface area contributed by atoms with Crippen molar-refractivity contribution in [3.63, 3.8) is 0 Å². The lowest BCUT2D eigenvalue weighted by Gasteiger charge is -2.35. The number of alkyl halides is 2. The molecule has 0 radical (unpaired) electrons. The molecule has 6 rings (SSSR count). The molecular formula is C35H31F2N. The SMILES string of the molecule is CC1(C)c2ccc(-c3cc4ccccc4cc3N(c3ccccc3)c3ccccc3)cc2C(C)(C)C1(F)F. The quantitative estimate of drug-likeness (QED) is 0.236. The molecule has 0 spiro atoms. The van der Waals surface area contributed by atoms with Gasteiger partial charge in [0.15, 0.2) is 0 Å². The zero-order valence-electron chi connectivity index (χ0n) is 22.2. The van der Waals surface area contributed by atoms with Gasteiger partial charge < -0.3 is 4.90 Å². The summed E-state index contributed by atoms with van der Waals surface area (Å²) in [6, 6.07) is 39.2. The van der Waals surface area contributed by atoms with Gasteiger partial charge in [-0.15, -0.1) is 0 Å². The lowest BCUT2D eigenvalue weighted by molar-refractivity contribution is -0.105. The average Bonchev–Trinajstić information content (AvgIpc) is 3.03. The zero-order valence-corrected chi connectivity index (χ0v) is 22.2. The summed E-state index contributed by atoms with van der Waals surface area (Å²) < 4.78 is 31.4. The van der Waals surface area contributed by atoms with Crippen molar-refractivity contribution >= 4 is 27.8 Å². The number of para-hydroxylation sites is 2. The van der Waals surface area contributed by atoms with Gasteiger partial charge in [0.25, 0.3) is 5.92 Å². The van der Waals surface area contributed by atoms with Crippen LogP contribution in [0, 0.1) is 0 Å². The van der Waals surface area contributed by atoms with E-state index in [1.165, 1.54) is 0 Å². The predicted octanol–water partition coefficient (Wildman–Crippen LogP) is 10.2. The van der Waals surface area contributed by atoms with Crippen molar-refractivity contribution in [1.29, 1.82) is 0 Å². The Morgan fingerprint density at radius 2 is 1.03 bits per heavy atom. The summed E-state index contributed by atoms with van der Waals surface area (Å²) >= 11 is 0. The molecule has 0 amide bonds. The number of benzene rings is 5. The van der Waals surface area contributed by atoms with Crippen LogP contribution in [0.2, 0.25) is 0 Å². The number of halogens is 2. The maximum absolute atomic E-state index is 15.7. The van der Waals surface area contributed by atoms with E-state index in [0.717, 1.165) is 50.1 Å². The normalized spacial score (nSPS) is 16.8. The summed E-state index contributed by atoms with van der Waals surface area (Å²) in [7, 11) is 0. The van der Waals surface area contributed by atoms with E-state index in [4.69, 9.17) is 0 Å². The summed E-state index contributed by atoms with van der Waals surface area (Å²) in [5, 5.41) is 2.23. The topological polar surface area (TPSA) is 3.24 Å². The third-order valence-electron chi connectivity index (χ3n) is 8.38. The van der Waals surface area contributed by atoms with Gasteiger partial charge in [-0.25, -0.2) is 8.78 Å². The highest BCUT2D eigenvalue weighted by atomic mass is 19.3. The van der Waals surface area contributed by atoms with E-state index in [1.807, 2.05) is 66.7 Å². The van der Waals surface area contributed by atoms with E-state index in [-0.39, 0.29) is 0 Å². The monoisotopic (exact) mass is 503 g/mol. The fourth-order valence-corrected chi connectivity index (χ4v) is 6.12. The molecule has 3 heteroatoms. The fourth-order valence-electron chi connectivity index (χ4n) is 6.12. The number of rotatable bonds is 4. The molecule has 0 saturated carbocycles. The molecule has 0 atom stereocenters. The Balaban J connectivity index is 1.64. The van der Waals surface area contributed by atoms with Crippen LogP contribution in [0.4, 0.5) is 25.8 Å². The minimum atomic E-state index is -2.87. The van der Waals surface area contributed by atoms with Gasteiger partial charge in [-0.2, -0.15) is 0 Å². The van der Waals surface area contributed by atoms with E-state index in [2.05, 4.69) is 53.4 Å². The van der Waals surface area contributed by atoms with Gasteiger partial charge in [-0.3, -0.25) is 0 Å². The van der Waals surface area contributed by atoms with Crippen molar-refractivity contribution in [3.8, 4) is 11.1 Å². The molecule has 38 heavy (non-hydrogen) atoms. The molecule has 0 N–H and O–H groups in total. The summed E-state index contributed by atoms with van der Waals surface area (Å²) in [5.74, 6) is -2.87. The third-order valence-corrected chi connectivity index (χ3v) is 8.38. The lowest BCUT2D eigenvalue weighted by Crippen LogP contribution is -2.46. The molecule has 0 aromatic heterocycles. The summed E-state index contributed by atoms with van der Waals surface area (Å²) in [4.78, 5) is 2.25. The number of fused-ring (bicyclic) bond motifs is 2. The Kier molecular flexibility index (Phi) is 5.47. The molecule has 5 aromatic rings. The Morgan fingerprint density at radius 3 is 1.61 bits per heavy atom. The Hall–Kier alpha value is -3.98. The molecular weight excluding hydrogens is 472 g/mol. The van der Waals surface area contributed by atoms with E-state index in [1.54, 1.807) is 27.7 Å². The van der Waals surface area contributed by atoms with Crippen molar-refractivity contribution in [2.45, 2.75) is 44.4 Å². The molecule has 0 bridgehead atoms. The molecule has 0 saturated heterocycles. The molecule has 0 heterocycles. The highest BCUT2D eigenvalue weighted by Gasteiger charge is 2.65. The van der Waals surface area contributed by atoms with Crippen molar-refractivity contribution in [1.82, 2.24) is 0 Å². The van der Waals surface area contributed by atoms with Crippen molar-refractivity contribution in [3.05, 3.63) is 126 Å². The number of nitrogens with zero attached hydrogens (tertiary/aromatic N) is 1. The lowest BCUT2D eigenvalue weighted by atomic mass is 9.77. The van der Waals surface area contributed by atoms with Crippen molar-refractivity contribution < 1.29 is 8.78 Å². The summed E-state index contributed by atoms with van der Waals surface area (Å²) in [6.07, 6.45) is 0. The molecule has 1 nitrogen and oxygen atoms in total. The molecule has 190 valence electrons. The second-order valence-corrected chi connectivity index (χ2v) is 11.3. The first-order chi connectivity index (χ1) is 18.1. The van der Waals surface area contributed by atoms with Crippen LogP contribution >= 0.6 is 0 Å². The first kappa shape index (κ1) is 24.4. The third kappa shape index (κ3) is 3.49. The maximum atomic E-state index is 15.7. The largest absolute Gasteiger partial charge is 0.310 e. The molecule has 1 aliphatic carbocycles. The van der Waals surface area contributed by atoms with Gasteiger partial charge >= 0.3 is 0 Å². The molecule has 1 aliphatic rings. The van der Waals surface area contributed by atoms with Crippen LogP contribution in [0.15, 0.2) is 115 Å². The standard InChI is InChI=1S/C35H31F2N/c1-33(2)30-20-19-26(22-31(30)34(3,4)35(33,36)37)29-21-24-13-11-12-14-25(24)23-32(29)38(27-15-7-5-8-16-27)28-17-9-6-10-18-28/h5-23H,1-4H3. The van der Waals surface area contributed by atoms with Gasteiger partial charge in [0, 0.05) is 16.9 Å². The van der Waals surface area contributed by atoms with Gasteiger partial charge in [0.1, 0.15) is 0 Å². The maximum Gasteiger partial charge on any atom is 0.266 e. The van der Waals surface area contributed by atoms with Crippen LogP contribution in [0.3, 0.4) is 0 Å². The van der Waals surface area contributed by atoms with Crippen LogP contribution in [0.25, 0.3) is 21.9 Å². The molecule has 0 fully saturated rings. The minimum Gasteiger partial charge on any atom is -0.310 e. The van der Waals surface area contributed by atoms with Crippen LogP contribution in [0.1, 0.15) is 38.8 Å². The second kappa shape index (κ2) is 8.52. The van der Waals surface area contributed by atoms with E-state index in [0.29, 0.717) is 0 Å². The number of anilines is 3. The van der Waals surface area contributed by atoms with E-state index < -0.39 is 16.8 Å². The average molecular weight is 504 g/mol. The molecule has 0 aliphatic heterocycles. The predicted molar refractivity (Wildman–Crippen MR) is 155 cm³/mol. The van der Waals surface area contributed by atoms with Crippen molar-refractivity contribution in [2.75, 3.05) is 4.90 Å². The van der Waals surface area contributed by atoms with Crippen LogP contribution < -0.4 is 4.90 Å². The van der Waals surface area contributed by atoms with Gasteiger partial charge in [-0.05, 0) is 91.6 Å². The first-order valence-electron chi connectivity index (χ1n) is 13.1. The smallest absolute Gasteiger partial charge is 0.266 e. The second-order valence-electron chi connectivity index (χ2n) is 11.3. The molecule has 0 unspecified atom stereocenters. The van der Waals surface area contributed by atoms with E-state index >= 15 is 8.78 Å². The Bertz CT molecular complexity index is 1600. The highest BCUT2D eigenvalue weighted by Crippen LogP contribution is 2.60. The Labute approximate surface area is 223 Å². The highest BCUT2D eigenvalue weighted by molar-refractivity contribution is 5.98. The molecule has 5 aromatic carbocycles.